The van der Waals surface area contributed by atoms with Gasteiger partial charge in [0.05, 0.1) is 18.2 Å². The molecule has 0 bridgehead atoms. The first-order valence-corrected chi connectivity index (χ1v) is 6.65. The van der Waals surface area contributed by atoms with E-state index in [1.807, 2.05) is 0 Å². The maximum Gasteiger partial charge on any atom is 0.416 e. The van der Waals surface area contributed by atoms with Crippen molar-refractivity contribution < 1.29 is 27.1 Å². The Kier molecular flexibility index (Phi) is 6.16. The Labute approximate surface area is 125 Å². The molecule has 0 aliphatic heterocycles. The summed E-state index contributed by atoms with van der Waals surface area (Å²) in [6, 6.07) is 1.25. The lowest BCUT2D eigenvalue weighted by Crippen LogP contribution is -2.45. The number of nitrogens with two attached hydrogens (primary N) is 1. The Morgan fingerprint density at radius 1 is 1.32 bits per heavy atom. The first-order valence-electron chi connectivity index (χ1n) is 6.65. The molecule has 1 rings (SSSR count). The topological polar surface area (TPSA) is 64.4 Å². The van der Waals surface area contributed by atoms with Crippen LogP contribution in [0.3, 0.4) is 0 Å². The first-order chi connectivity index (χ1) is 10.1. The quantitative estimate of drug-likeness (QED) is 0.624. The number of rotatable bonds is 6. The van der Waals surface area contributed by atoms with Crippen molar-refractivity contribution in [3.05, 3.63) is 29.6 Å². The number of amides is 1. The Hall–Kier alpha value is -1.83. The molecule has 4 nitrogen and oxygen atoms in total. The van der Waals surface area contributed by atoms with Crippen molar-refractivity contribution >= 4 is 5.91 Å². The van der Waals surface area contributed by atoms with Gasteiger partial charge in [-0.2, -0.15) is 13.2 Å². The zero-order chi connectivity index (χ0) is 16.9. The highest BCUT2D eigenvalue weighted by Gasteiger charge is 2.31. The molecular weight excluding hydrogens is 304 g/mol. The summed E-state index contributed by atoms with van der Waals surface area (Å²) in [4.78, 5) is 11.5. The van der Waals surface area contributed by atoms with Gasteiger partial charge in [0.25, 0.3) is 0 Å². The molecule has 124 valence electrons. The predicted octanol–water partition coefficient (Wildman–Crippen LogP) is 2.32. The number of ether oxygens (including phenoxy) is 1. The molecule has 1 aromatic rings. The Morgan fingerprint density at radius 3 is 2.50 bits per heavy atom. The number of halogens is 4. The number of hydrogen-bond donors (Lipinski definition) is 2. The van der Waals surface area contributed by atoms with Crippen molar-refractivity contribution in [3.8, 4) is 5.75 Å². The third-order valence-electron chi connectivity index (χ3n) is 2.89. The molecule has 1 atom stereocenters. The van der Waals surface area contributed by atoms with E-state index in [2.05, 4.69) is 5.32 Å². The van der Waals surface area contributed by atoms with E-state index >= 15 is 0 Å². The van der Waals surface area contributed by atoms with Gasteiger partial charge in [0.2, 0.25) is 5.91 Å². The van der Waals surface area contributed by atoms with E-state index in [1.165, 1.54) is 0 Å². The monoisotopic (exact) mass is 322 g/mol. The fourth-order valence-corrected chi connectivity index (χ4v) is 1.57. The maximum atomic E-state index is 13.1. The predicted molar refractivity (Wildman–Crippen MR) is 72.7 cm³/mol. The zero-order valence-electron chi connectivity index (χ0n) is 12.2. The van der Waals surface area contributed by atoms with Crippen LogP contribution in [0, 0.1) is 11.7 Å². The average Bonchev–Trinajstić information content (AvgIpc) is 2.40. The van der Waals surface area contributed by atoms with Gasteiger partial charge in [-0.05, 0) is 18.1 Å². The largest absolute Gasteiger partial charge is 0.492 e. The third-order valence-corrected chi connectivity index (χ3v) is 2.89. The molecule has 0 saturated heterocycles. The van der Waals surface area contributed by atoms with Crippen LogP contribution in [0.5, 0.6) is 5.75 Å². The summed E-state index contributed by atoms with van der Waals surface area (Å²) in [5.41, 5.74) is 4.48. The zero-order valence-corrected chi connectivity index (χ0v) is 12.2. The van der Waals surface area contributed by atoms with E-state index in [0.29, 0.717) is 12.1 Å². The summed E-state index contributed by atoms with van der Waals surface area (Å²) in [5.74, 6) is -1.72. The van der Waals surface area contributed by atoms with Crippen LogP contribution in [0.2, 0.25) is 0 Å². The summed E-state index contributed by atoms with van der Waals surface area (Å²) < 4.78 is 55.7. The van der Waals surface area contributed by atoms with Crippen LogP contribution in [-0.2, 0) is 11.0 Å². The number of nitrogens with one attached hydrogen (secondary N) is 1. The van der Waals surface area contributed by atoms with Crippen LogP contribution in [-0.4, -0.2) is 25.1 Å². The minimum atomic E-state index is -4.65. The van der Waals surface area contributed by atoms with Crippen molar-refractivity contribution in [2.45, 2.75) is 26.1 Å². The second kappa shape index (κ2) is 7.44. The molecule has 0 aromatic heterocycles. The van der Waals surface area contributed by atoms with Crippen LogP contribution in [0.25, 0.3) is 0 Å². The molecule has 0 aliphatic carbocycles. The fraction of sp³-hybridized carbons (Fsp3) is 0.500. The Bertz CT molecular complexity index is 518. The van der Waals surface area contributed by atoms with Crippen LogP contribution in [0.4, 0.5) is 17.6 Å². The van der Waals surface area contributed by atoms with E-state index < -0.39 is 23.6 Å². The van der Waals surface area contributed by atoms with Gasteiger partial charge in [0, 0.05) is 6.07 Å². The van der Waals surface area contributed by atoms with Gasteiger partial charge in [-0.3, -0.25) is 4.79 Å². The highest BCUT2D eigenvalue weighted by atomic mass is 19.4. The number of benzene rings is 1. The van der Waals surface area contributed by atoms with E-state index in [0.717, 1.165) is 6.07 Å². The second-order valence-electron chi connectivity index (χ2n) is 5.08. The molecule has 0 aliphatic rings. The molecule has 8 heteroatoms. The van der Waals surface area contributed by atoms with Crippen molar-refractivity contribution in [1.29, 1.82) is 0 Å². The number of carbonyl (C=O) groups is 1. The standard InChI is InChI=1S/C14H18F4N2O2/c1-8(2)12(19)13(21)20-3-4-22-11-6-9(14(16,17)18)5-10(15)7-11/h5-8,12H,3-4,19H2,1-2H3,(H,20,21). The molecule has 3 N–H and O–H groups in total. The molecule has 1 amide bonds. The minimum absolute atomic E-state index is 0.0431. The van der Waals surface area contributed by atoms with Gasteiger partial charge in [0.15, 0.2) is 0 Å². The van der Waals surface area contributed by atoms with E-state index in [9.17, 15) is 22.4 Å². The molecule has 22 heavy (non-hydrogen) atoms. The number of carbonyl (C=O) groups excluding carboxylic acids is 1. The van der Waals surface area contributed by atoms with Crippen LogP contribution >= 0.6 is 0 Å². The highest BCUT2D eigenvalue weighted by Crippen LogP contribution is 2.32. The van der Waals surface area contributed by atoms with Gasteiger partial charge in [-0.1, -0.05) is 13.8 Å². The maximum absolute atomic E-state index is 13.1. The van der Waals surface area contributed by atoms with Crippen LogP contribution in [0.15, 0.2) is 18.2 Å². The van der Waals surface area contributed by atoms with Crippen molar-refractivity contribution in [2.24, 2.45) is 11.7 Å². The van der Waals surface area contributed by atoms with Gasteiger partial charge < -0.3 is 15.8 Å². The molecule has 0 spiro atoms. The molecule has 0 fully saturated rings. The lowest BCUT2D eigenvalue weighted by atomic mass is 10.1. The van der Waals surface area contributed by atoms with Crippen molar-refractivity contribution in [2.75, 3.05) is 13.2 Å². The Balaban J connectivity index is 2.52. The molecule has 0 saturated carbocycles. The van der Waals surface area contributed by atoms with Gasteiger partial charge >= 0.3 is 6.18 Å². The van der Waals surface area contributed by atoms with Crippen LogP contribution in [0.1, 0.15) is 19.4 Å². The lowest BCUT2D eigenvalue weighted by Gasteiger charge is -2.15. The van der Waals surface area contributed by atoms with E-state index in [1.54, 1.807) is 13.8 Å². The Morgan fingerprint density at radius 2 is 1.95 bits per heavy atom. The summed E-state index contributed by atoms with van der Waals surface area (Å²) in [5, 5.41) is 2.49. The number of hydrogen-bond acceptors (Lipinski definition) is 3. The van der Waals surface area contributed by atoms with Gasteiger partial charge in [-0.15, -0.1) is 0 Å². The fourth-order valence-electron chi connectivity index (χ4n) is 1.57. The second-order valence-corrected chi connectivity index (χ2v) is 5.08. The van der Waals surface area contributed by atoms with Crippen molar-refractivity contribution in [3.63, 3.8) is 0 Å². The third kappa shape index (κ3) is 5.51. The summed E-state index contributed by atoms with van der Waals surface area (Å²) >= 11 is 0. The molecule has 0 radical (unpaired) electrons. The molecule has 1 aromatic carbocycles. The lowest BCUT2D eigenvalue weighted by molar-refractivity contribution is -0.137. The summed E-state index contributed by atoms with van der Waals surface area (Å²) in [6.07, 6.45) is -4.65. The van der Waals surface area contributed by atoms with Crippen LogP contribution < -0.4 is 15.8 Å². The smallest absolute Gasteiger partial charge is 0.416 e. The van der Waals surface area contributed by atoms with E-state index in [-0.39, 0.29) is 30.7 Å². The first kappa shape index (κ1) is 18.2. The van der Waals surface area contributed by atoms with Crippen molar-refractivity contribution in [1.82, 2.24) is 5.32 Å². The highest BCUT2D eigenvalue weighted by molar-refractivity contribution is 5.81. The van der Waals surface area contributed by atoms with E-state index in [4.69, 9.17) is 10.5 Å². The SMILES string of the molecule is CC(C)C(N)C(=O)NCCOc1cc(F)cc(C(F)(F)F)c1. The van der Waals surface area contributed by atoms with Gasteiger partial charge in [-0.25, -0.2) is 4.39 Å². The average molecular weight is 322 g/mol. The normalized spacial score (nSPS) is 13.1. The molecule has 0 heterocycles. The van der Waals surface area contributed by atoms with Gasteiger partial charge in [0.1, 0.15) is 18.2 Å². The number of alkyl halides is 3. The minimum Gasteiger partial charge on any atom is -0.492 e. The molecule has 1 unspecified atom stereocenters. The molecular formula is C14H18F4N2O2. The summed E-state index contributed by atoms with van der Waals surface area (Å²) in [6.45, 7) is 3.52. The summed E-state index contributed by atoms with van der Waals surface area (Å²) in [7, 11) is 0.